The van der Waals surface area contributed by atoms with Crippen LogP contribution in [0.25, 0.3) is 11.1 Å². The molecule has 2 heterocycles. The van der Waals surface area contributed by atoms with Gasteiger partial charge in [0.2, 0.25) is 0 Å². The number of rotatable bonds is 3. The average molecular weight is 375 g/mol. The van der Waals surface area contributed by atoms with Crippen molar-refractivity contribution < 1.29 is 4.90 Å². The number of hydrogen-bond acceptors (Lipinski definition) is 3. The first-order chi connectivity index (χ1) is 13.3. The third-order valence-corrected chi connectivity index (χ3v) is 6.77. The second-order valence-electron chi connectivity index (χ2n) is 7.38. The first-order valence-corrected chi connectivity index (χ1v) is 10.6. The maximum Gasteiger partial charge on any atom is 0.140 e. The summed E-state index contributed by atoms with van der Waals surface area (Å²) in [7, 11) is 0. The Morgan fingerprint density at radius 3 is 2.15 bits per heavy atom. The van der Waals surface area contributed by atoms with E-state index in [0.29, 0.717) is 6.04 Å². The molecule has 5 rings (SSSR count). The summed E-state index contributed by atoms with van der Waals surface area (Å²) >= 11 is 1.76. The first kappa shape index (κ1) is 16.7. The van der Waals surface area contributed by atoms with Gasteiger partial charge in [0.1, 0.15) is 6.04 Å². The summed E-state index contributed by atoms with van der Waals surface area (Å²) in [5.74, 6) is 0. The van der Waals surface area contributed by atoms with Gasteiger partial charge in [0.05, 0.1) is 31.9 Å². The topological polar surface area (TPSA) is 20.0 Å². The lowest BCUT2D eigenvalue weighted by Gasteiger charge is -2.35. The zero-order chi connectivity index (χ0) is 18.2. The molecule has 1 saturated heterocycles. The molecule has 1 aromatic heterocycles. The zero-order valence-corrected chi connectivity index (χ0v) is 16.4. The quantitative estimate of drug-likeness (QED) is 0.696. The van der Waals surface area contributed by atoms with Crippen molar-refractivity contribution in [2.45, 2.75) is 13.0 Å². The number of nitrogens with zero attached hydrogens (tertiary/aromatic N) is 2. The summed E-state index contributed by atoms with van der Waals surface area (Å²) in [5.41, 5.74) is 6.94. The van der Waals surface area contributed by atoms with Crippen LogP contribution in [0.4, 0.5) is 0 Å². The van der Waals surface area contributed by atoms with E-state index in [1.54, 1.807) is 16.2 Å². The van der Waals surface area contributed by atoms with Crippen LogP contribution in [-0.4, -0.2) is 36.9 Å². The Morgan fingerprint density at radius 2 is 1.56 bits per heavy atom. The van der Waals surface area contributed by atoms with Crippen LogP contribution in [0.2, 0.25) is 0 Å². The second-order valence-corrected chi connectivity index (χ2v) is 8.33. The molecule has 0 amide bonds. The fraction of sp³-hybridized carbons (Fsp3) is 0.261. The molecular formula is C23H24N3S+. The molecule has 0 bridgehead atoms. The van der Waals surface area contributed by atoms with Gasteiger partial charge in [-0.25, -0.2) is 0 Å². The van der Waals surface area contributed by atoms with Crippen LogP contribution in [0.3, 0.4) is 0 Å². The van der Waals surface area contributed by atoms with Gasteiger partial charge in [-0.05, 0) is 29.5 Å². The minimum absolute atomic E-state index is 0.460. The highest BCUT2D eigenvalue weighted by Crippen LogP contribution is 2.41. The van der Waals surface area contributed by atoms with Crippen LogP contribution in [0.5, 0.6) is 0 Å². The van der Waals surface area contributed by atoms with Crippen molar-refractivity contribution in [3.63, 3.8) is 0 Å². The van der Waals surface area contributed by atoms with Gasteiger partial charge in [0.15, 0.2) is 0 Å². The van der Waals surface area contributed by atoms with E-state index in [9.17, 15) is 0 Å². The lowest BCUT2D eigenvalue weighted by molar-refractivity contribution is -0.929. The predicted molar refractivity (Wildman–Crippen MR) is 113 cm³/mol. The SMILES string of the molecule is C/C(=N\N1CC[NH+](C2c3ccccc3-c3ccccc32)CC1)c1cccs1. The number of hydrazone groups is 1. The molecule has 1 fully saturated rings. The molecule has 1 aliphatic carbocycles. The molecule has 0 atom stereocenters. The van der Waals surface area contributed by atoms with Gasteiger partial charge in [-0.2, -0.15) is 5.10 Å². The Hall–Kier alpha value is -2.43. The van der Waals surface area contributed by atoms with Crippen LogP contribution >= 0.6 is 11.3 Å². The molecule has 1 N–H and O–H groups in total. The van der Waals surface area contributed by atoms with Crippen LogP contribution in [0.15, 0.2) is 71.1 Å². The minimum Gasteiger partial charge on any atom is -0.322 e. The third-order valence-electron chi connectivity index (χ3n) is 5.79. The summed E-state index contributed by atoms with van der Waals surface area (Å²) in [6.45, 7) is 6.38. The van der Waals surface area contributed by atoms with Crippen LogP contribution in [0.1, 0.15) is 29.0 Å². The lowest BCUT2D eigenvalue weighted by Crippen LogP contribution is -3.14. The molecule has 27 heavy (non-hydrogen) atoms. The van der Waals surface area contributed by atoms with E-state index in [4.69, 9.17) is 5.10 Å². The monoisotopic (exact) mass is 374 g/mol. The van der Waals surface area contributed by atoms with E-state index in [1.807, 2.05) is 0 Å². The number of hydrogen-bond donors (Lipinski definition) is 1. The normalized spacial score (nSPS) is 17.8. The third kappa shape index (κ3) is 2.99. The molecule has 0 spiro atoms. The Morgan fingerprint density at radius 1 is 0.926 bits per heavy atom. The molecule has 1 aliphatic heterocycles. The van der Waals surface area contributed by atoms with Crippen LogP contribution in [0, 0.1) is 0 Å². The van der Waals surface area contributed by atoms with Crippen LogP contribution in [-0.2, 0) is 0 Å². The number of piperazine rings is 1. The second kappa shape index (κ2) is 6.95. The van der Waals surface area contributed by atoms with E-state index >= 15 is 0 Å². The van der Waals surface area contributed by atoms with Crippen molar-refractivity contribution in [2.75, 3.05) is 26.2 Å². The number of fused-ring (bicyclic) bond motifs is 3. The minimum atomic E-state index is 0.460. The Balaban J connectivity index is 1.36. The van der Waals surface area contributed by atoms with Crippen molar-refractivity contribution in [3.8, 4) is 11.1 Å². The first-order valence-electron chi connectivity index (χ1n) is 9.68. The van der Waals surface area contributed by atoms with E-state index < -0.39 is 0 Å². The van der Waals surface area contributed by atoms with Crippen molar-refractivity contribution in [2.24, 2.45) is 5.10 Å². The van der Waals surface area contributed by atoms with Gasteiger partial charge in [0.25, 0.3) is 0 Å². The standard InChI is InChI=1S/C23H23N3S/c1-17(22-11-6-16-27-22)24-26-14-12-25(13-15-26)23-20-9-4-2-7-18(20)19-8-3-5-10-21(19)23/h2-11,16,23H,12-15H2,1H3/p+1/b24-17+. The molecular weight excluding hydrogens is 350 g/mol. The summed E-state index contributed by atoms with van der Waals surface area (Å²) in [6, 6.07) is 22.6. The molecule has 0 unspecified atom stereocenters. The smallest absolute Gasteiger partial charge is 0.140 e. The molecule has 2 aromatic carbocycles. The lowest BCUT2D eigenvalue weighted by atomic mass is 10.0. The van der Waals surface area contributed by atoms with Gasteiger partial charge in [-0.1, -0.05) is 54.6 Å². The molecule has 136 valence electrons. The number of benzene rings is 2. The van der Waals surface area contributed by atoms with Gasteiger partial charge < -0.3 is 4.90 Å². The zero-order valence-electron chi connectivity index (χ0n) is 15.6. The van der Waals surface area contributed by atoms with Crippen molar-refractivity contribution in [1.82, 2.24) is 5.01 Å². The molecule has 0 radical (unpaired) electrons. The highest BCUT2D eigenvalue weighted by atomic mass is 32.1. The summed E-state index contributed by atoms with van der Waals surface area (Å²) in [6.07, 6.45) is 0. The van der Waals surface area contributed by atoms with E-state index in [2.05, 4.69) is 78.0 Å². The number of nitrogens with one attached hydrogen (secondary N) is 1. The van der Waals surface area contributed by atoms with E-state index in [1.165, 1.54) is 27.1 Å². The van der Waals surface area contributed by atoms with Gasteiger partial charge >= 0.3 is 0 Å². The predicted octanol–water partition coefficient (Wildman–Crippen LogP) is 3.44. The number of thiophene rings is 1. The van der Waals surface area contributed by atoms with Crippen molar-refractivity contribution >= 4 is 17.0 Å². The summed E-state index contributed by atoms with van der Waals surface area (Å²) in [4.78, 5) is 2.93. The fourth-order valence-corrected chi connectivity index (χ4v) is 5.18. The highest BCUT2D eigenvalue weighted by molar-refractivity contribution is 7.12. The fourth-order valence-electron chi connectivity index (χ4n) is 4.51. The Labute approximate surface area is 164 Å². The van der Waals surface area contributed by atoms with E-state index in [0.717, 1.165) is 31.9 Å². The van der Waals surface area contributed by atoms with Gasteiger partial charge in [-0.15, -0.1) is 11.3 Å². The Bertz CT molecular complexity index is 923. The largest absolute Gasteiger partial charge is 0.322 e. The Kier molecular flexibility index (Phi) is 4.30. The molecule has 4 heteroatoms. The summed E-state index contributed by atoms with van der Waals surface area (Å²) in [5, 5.41) is 9.25. The van der Waals surface area contributed by atoms with Gasteiger partial charge in [0, 0.05) is 16.0 Å². The maximum absolute atomic E-state index is 4.88. The molecule has 2 aliphatic rings. The average Bonchev–Trinajstić information content (AvgIpc) is 3.35. The van der Waals surface area contributed by atoms with Crippen LogP contribution < -0.4 is 4.90 Å². The molecule has 0 saturated carbocycles. The van der Waals surface area contributed by atoms with Crippen molar-refractivity contribution in [3.05, 3.63) is 82.0 Å². The maximum atomic E-state index is 4.88. The van der Waals surface area contributed by atoms with Crippen molar-refractivity contribution in [1.29, 1.82) is 0 Å². The highest BCUT2D eigenvalue weighted by Gasteiger charge is 2.37. The number of quaternary nitrogens is 1. The van der Waals surface area contributed by atoms with Gasteiger partial charge in [-0.3, -0.25) is 5.01 Å². The summed E-state index contributed by atoms with van der Waals surface area (Å²) < 4.78 is 0. The molecule has 3 nitrogen and oxygen atoms in total. The molecule has 3 aromatic rings. The van der Waals surface area contributed by atoms with E-state index in [-0.39, 0.29) is 0 Å².